The second-order valence-corrected chi connectivity index (χ2v) is 7.45. The Morgan fingerprint density at radius 1 is 1.09 bits per heavy atom. The van der Waals surface area contributed by atoms with Crippen molar-refractivity contribution in [3.63, 3.8) is 0 Å². The topological polar surface area (TPSA) is 111 Å². The SMILES string of the molecule is COc1cc(/C=C/C(=O)N2CCC(C(=O)Nc3ccccc3)CC2)ccc1OCC(N)=O. The van der Waals surface area contributed by atoms with E-state index in [2.05, 4.69) is 5.32 Å². The third-order valence-electron chi connectivity index (χ3n) is 5.19. The molecule has 0 aliphatic carbocycles. The number of hydrogen-bond acceptors (Lipinski definition) is 5. The Balaban J connectivity index is 1.52. The normalized spacial score (nSPS) is 14.2. The summed E-state index contributed by atoms with van der Waals surface area (Å²) in [6.07, 6.45) is 4.44. The van der Waals surface area contributed by atoms with Crippen LogP contribution >= 0.6 is 0 Å². The molecule has 3 N–H and O–H groups in total. The summed E-state index contributed by atoms with van der Waals surface area (Å²) in [5.41, 5.74) is 6.62. The maximum absolute atomic E-state index is 12.6. The molecule has 1 saturated heterocycles. The van der Waals surface area contributed by atoms with Gasteiger partial charge >= 0.3 is 0 Å². The van der Waals surface area contributed by atoms with Crippen LogP contribution in [-0.4, -0.2) is 49.4 Å². The average Bonchev–Trinajstić information content (AvgIpc) is 2.82. The summed E-state index contributed by atoms with van der Waals surface area (Å²) in [6, 6.07) is 14.5. The molecular weight excluding hydrogens is 410 g/mol. The van der Waals surface area contributed by atoms with Crippen LogP contribution in [0, 0.1) is 5.92 Å². The van der Waals surface area contributed by atoms with Crippen molar-refractivity contribution in [2.45, 2.75) is 12.8 Å². The van der Waals surface area contributed by atoms with Crippen molar-refractivity contribution in [2.24, 2.45) is 11.7 Å². The number of amides is 3. The van der Waals surface area contributed by atoms with Gasteiger partial charge in [0.1, 0.15) is 0 Å². The van der Waals surface area contributed by atoms with E-state index in [0.717, 1.165) is 11.3 Å². The number of para-hydroxylation sites is 1. The first-order chi connectivity index (χ1) is 15.5. The monoisotopic (exact) mass is 437 g/mol. The summed E-state index contributed by atoms with van der Waals surface area (Å²) >= 11 is 0. The van der Waals surface area contributed by atoms with Crippen molar-refractivity contribution in [3.05, 3.63) is 60.2 Å². The van der Waals surface area contributed by atoms with Crippen LogP contribution in [0.15, 0.2) is 54.6 Å². The number of primary amides is 1. The molecular formula is C24H27N3O5. The van der Waals surface area contributed by atoms with Crippen LogP contribution in [0.3, 0.4) is 0 Å². The third kappa shape index (κ3) is 6.34. The molecule has 3 rings (SSSR count). The molecule has 168 valence electrons. The fourth-order valence-electron chi connectivity index (χ4n) is 3.46. The Morgan fingerprint density at radius 2 is 1.81 bits per heavy atom. The highest BCUT2D eigenvalue weighted by atomic mass is 16.5. The highest BCUT2D eigenvalue weighted by Crippen LogP contribution is 2.28. The number of piperidine rings is 1. The summed E-state index contributed by atoms with van der Waals surface area (Å²) in [5, 5.41) is 2.93. The van der Waals surface area contributed by atoms with Crippen molar-refractivity contribution in [2.75, 3.05) is 32.1 Å². The summed E-state index contributed by atoms with van der Waals surface area (Å²) in [4.78, 5) is 37.6. The molecule has 0 spiro atoms. The third-order valence-corrected chi connectivity index (χ3v) is 5.19. The Morgan fingerprint density at radius 3 is 2.47 bits per heavy atom. The van der Waals surface area contributed by atoms with Gasteiger partial charge in [0, 0.05) is 30.8 Å². The number of carbonyl (C=O) groups is 3. The molecule has 1 fully saturated rings. The average molecular weight is 437 g/mol. The van der Waals surface area contributed by atoms with Crippen LogP contribution in [0.1, 0.15) is 18.4 Å². The van der Waals surface area contributed by atoms with Gasteiger partial charge in [-0.1, -0.05) is 24.3 Å². The van der Waals surface area contributed by atoms with Gasteiger partial charge in [-0.05, 0) is 48.7 Å². The smallest absolute Gasteiger partial charge is 0.255 e. The number of nitrogens with one attached hydrogen (secondary N) is 1. The molecule has 0 saturated carbocycles. The van der Waals surface area contributed by atoms with E-state index in [4.69, 9.17) is 15.2 Å². The van der Waals surface area contributed by atoms with Crippen LogP contribution in [0.2, 0.25) is 0 Å². The van der Waals surface area contributed by atoms with E-state index in [-0.39, 0.29) is 24.3 Å². The molecule has 8 heteroatoms. The number of nitrogens with zero attached hydrogens (tertiary/aromatic N) is 1. The number of ether oxygens (including phenoxy) is 2. The summed E-state index contributed by atoms with van der Waals surface area (Å²) in [6.45, 7) is 0.807. The predicted molar refractivity (Wildman–Crippen MR) is 121 cm³/mol. The molecule has 32 heavy (non-hydrogen) atoms. The minimum atomic E-state index is -0.581. The van der Waals surface area contributed by atoms with Gasteiger partial charge in [0.2, 0.25) is 11.8 Å². The first-order valence-electron chi connectivity index (χ1n) is 10.4. The molecule has 0 aromatic heterocycles. The molecule has 3 amide bonds. The van der Waals surface area contributed by atoms with Crippen molar-refractivity contribution in [3.8, 4) is 11.5 Å². The Labute approximate surface area is 187 Å². The molecule has 0 bridgehead atoms. The van der Waals surface area contributed by atoms with Crippen LogP contribution in [0.5, 0.6) is 11.5 Å². The summed E-state index contributed by atoms with van der Waals surface area (Å²) in [5.74, 6) is 0.0182. The van der Waals surface area contributed by atoms with Crippen LogP contribution in [0.25, 0.3) is 6.08 Å². The molecule has 8 nitrogen and oxygen atoms in total. The fourth-order valence-corrected chi connectivity index (χ4v) is 3.46. The lowest BCUT2D eigenvalue weighted by Crippen LogP contribution is -2.40. The predicted octanol–water partition coefficient (Wildman–Crippen LogP) is 2.45. The highest BCUT2D eigenvalue weighted by molar-refractivity contribution is 5.94. The van der Waals surface area contributed by atoms with Crippen molar-refractivity contribution in [1.29, 1.82) is 0 Å². The number of carbonyl (C=O) groups excluding carboxylic acids is 3. The van der Waals surface area contributed by atoms with Crippen LogP contribution in [-0.2, 0) is 14.4 Å². The zero-order chi connectivity index (χ0) is 22.9. The first-order valence-corrected chi connectivity index (χ1v) is 10.4. The van der Waals surface area contributed by atoms with Gasteiger partial charge in [0.05, 0.1) is 7.11 Å². The van der Waals surface area contributed by atoms with Gasteiger partial charge in [-0.15, -0.1) is 0 Å². The van der Waals surface area contributed by atoms with E-state index in [1.807, 2.05) is 30.3 Å². The molecule has 0 radical (unpaired) electrons. The van der Waals surface area contributed by atoms with Crippen molar-refractivity contribution < 1.29 is 23.9 Å². The molecule has 2 aromatic carbocycles. The van der Waals surface area contributed by atoms with E-state index in [0.29, 0.717) is 37.4 Å². The van der Waals surface area contributed by atoms with Gasteiger partial charge in [0.15, 0.2) is 18.1 Å². The first kappa shape index (κ1) is 22.9. The molecule has 0 unspecified atom stereocenters. The number of benzene rings is 2. The molecule has 0 atom stereocenters. The zero-order valence-corrected chi connectivity index (χ0v) is 18.0. The van der Waals surface area contributed by atoms with E-state index in [1.54, 1.807) is 29.2 Å². The molecule has 1 aliphatic rings. The number of likely N-dealkylation sites (tertiary alicyclic amines) is 1. The van der Waals surface area contributed by atoms with E-state index < -0.39 is 5.91 Å². The highest BCUT2D eigenvalue weighted by Gasteiger charge is 2.26. The van der Waals surface area contributed by atoms with Crippen LogP contribution < -0.4 is 20.5 Å². The second-order valence-electron chi connectivity index (χ2n) is 7.45. The molecule has 2 aromatic rings. The lowest BCUT2D eigenvalue weighted by Gasteiger charge is -2.30. The van der Waals surface area contributed by atoms with E-state index >= 15 is 0 Å². The van der Waals surface area contributed by atoms with Crippen molar-refractivity contribution >= 4 is 29.5 Å². The lowest BCUT2D eigenvalue weighted by molar-refractivity contribution is -0.130. The molecule has 1 heterocycles. The maximum atomic E-state index is 12.6. The second kappa shape index (κ2) is 11.0. The zero-order valence-electron chi connectivity index (χ0n) is 18.0. The van der Waals surface area contributed by atoms with Gasteiger partial charge in [-0.2, -0.15) is 0 Å². The van der Waals surface area contributed by atoms with Gasteiger partial charge in [0.25, 0.3) is 5.91 Å². The molecule has 1 aliphatic heterocycles. The standard InChI is InChI=1S/C24H27N3O5/c1-31-21-15-17(7-9-20(21)32-16-22(25)28)8-10-23(29)27-13-11-18(12-14-27)24(30)26-19-5-3-2-4-6-19/h2-10,15,18H,11-14,16H2,1H3,(H2,25,28)(H,26,30)/b10-8+. The number of anilines is 1. The largest absolute Gasteiger partial charge is 0.493 e. The van der Waals surface area contributed by atoms with Gasteiger partial charge in [-0.25, -0.2) is 0 Å². The van der Waals surface area contributed by atoms with Gasteiger partial charge < -0.3 is 25.4 Å². The quantitative estimate of drug-likeness (QED) is 0.617. The number of hydrogen-bond donors (Lipinski definition) is 2. The number of methoxy groups -OCH3 is 1. The number of rotatable bonds is 8. The fraction of sp³-hybridized carbons (Fsp3) is 0.292. The van der Waals surface area contributed by atoms with Crippen molar-refractivity contribution in [1.82, 2.24) is 4.90 Å². The van der Waals surface area contributed by atoms with Gasteiger partial charge in [-0.3, -0.25) is 14.4 Å². The minimum absolute atomic E-state index is 0.00965. The Kier molecular flexibility index (Phi) is 7.85. The van der Waals surface area contributed by atoms with E-state index in [1.165, 1.54) is 13.2 Å². The maximum Gasteiger partial charge on any atom is 0.255 e. The lowest BCUT2D eigenvalue weighted by atomic mass is 9.95. The Hall–Kier alpha value is -3.81. The summed E-state index contributed by atoms with van der Waals surface area (Å²) in [7, 11) is 1.49. The summed E-state index contributed by atoms with van der Waals surface area (Å²) < 4.78 is 10.6. The minimum Gasteiger partial charge on any atom is -0.493 e. The van der Waals surface area contributed by atoms with E-state index in [9.17, 15) is 14.4 Å². The number of nitrogens with two attached hydrogens (primary N) is 1. The van der Waals surface area contributed by atoms with Crippen LogP contribution in [0.4, 0.5) is 5.69 Å². The Bertz CT molecular complexity index is 982.